The third-order valence-electron chi connectivity index (χ3n) is 5.94. The third kappa shape index (κ3) is 6.67. The van der Waals surface area contributed by atoms with E-state index in [1.807, 2.05) is 0 Å². The van der Waals surface area contributed by atoms with Crippen molar-refractivity contribution in [1.29, 1.82) is 0 Å². The van der Waals surface area contributed by atoms with Crippen LogP contribution in [0.15, 0.2) is 53.6 Å². The van der Waals surface area contributed by atoms with Gasteiger partial charge in [-0.2, -0.15) is 0 Å². The van der Waals surface area contributed by atoms with Gasteiger partial charge in [-0.25, -0.2) is 17.8 Å². The minimum atomic E-state index is -4.35. The summed E-state index contributed by atoms with van der Waals surface area (Å²) in [4.78, 5) is 15.4. The van der Waals surface area contributed by atoms with Gasteiger partial charge in [0.15, 0.2) is 4.90 Å². The van der Waals surface area contributed by atoms with Crippen LogP contribution in [0.4, 0.5) is 10.1 Å². The van der Waals surface area contributed by atoms with Gasteiger partial charge in [0, 0.05) is 18.2 Å². The fourth-order valence-electron chi connectivity index (χ4n) is 4.00. The Hall–Kier alpha value is -3.38. The number of carbonyl (C=O) groups excluding carboxylic acids is 1. The monoisotopic (exact) mass is 610 g/mol. The summed E-state index contributed by atoms with van der Waals surface area (Å²) in [6.07, 6.45) is 3.83. The molecule has 0 radical (unpaired) electrons. The van der Waals surface area contributed by atoms with Crippen LogP contribution in [0.3, 0.4) is 0 Å². The predicted octanol–water partition coefficient (Wildman–Crippen LogP) is 4.98. The quantitative estimate of drug-likeness (QED) is 0.252. The second kappa shape index (κ2) is 12.9. The number of aliphatic hydroxyl groups excluding tert-OH is 1. The number of anilines is 1. The van der Waals surface area contributed by atoms with Crippen molar-refractivity contribution in [2.24, 2.45) is 0 Å². The summed E-state index contributed by atoms with van der Waals surface area (Å²) >= 11 is 12.2. The molecule has 2 heterocycles. The molecule has 2 aromatic carbocycles. The van der Waals surface area contributed by atoms with Crippen molar-refractivity contribution in [3.63, 3.8) is 0 Å². The van der Waals surface area contributed by atoms with Crippen molar-refractivity contribution >= 4 is 57.0 Å². The lowest BCUT2D eigenvalue weighted by Crippen LogP contribution is -2.44. The van der Waals surface area contributed by atoms with Crippen LogP contribution >= 0.6 is 23.2 Å². The summed E-state index contributed by atoms with van der Waals surface area (Å²) in [5.41, 5.74) is 0.918. The summed E-state index contributed by atoms with van der Waals surface area (Å²) in [7, 11) is -3.09. The SMILES string of the molecule is COC(=O)CC[C@H]1CN(S(=O)(=O)c2cc(Cl)cnc2OCCO)c2cc(/C=C/c3c(F)cccc3Cl)ccc2O1. The lowest BCUT2D eigenvalue weighted by molar-refractivity contribution is -0.141. The number of ether oxygens (including phenoxy) is 3. The van der Waals surface area contributed by atoms with Gasteiger partial charge >= 0.3 is 5.97 Å². The van der Waals surface area contributed by atoms with Gasteiger partial charge in [0.1, 0.15) is 24.3 Å². The fourth-order valence-corrected chi connectivity index (χ4v) is 6.06. The van der Waals surface area contributed by atoms with Crippen molar-refractivity contribution in [1.82, 2.24) is 4.98 Å². The molecule has 1 aromatic heterocycles. The van der Waals surface area contributed by atoms with Gasteiger partial charge in [0.05, 0.1) is 36.0 Å². The molecule has 40 heavy (non-hydrogen) atoms. The summed E-state index contributed by atoms with van der Waals surface area (Å²) in [5, 5.41) is 9.46. The van der Waals surface area contributed by atoms with Crippen LogP contribution in [-0.4, -0.2) is 57.4 Å². The number of halogens is 3. The molecule has 0 amide bonds. The molecule has 0 unspecified atom stereocenters. The van der Waals surface area contributed by atoms with Gasteiger partial charge in [-0.15, -0.1) is 0 Å². The highest BCUT2D eigenvalue weighted by molar-refractivity contribution is 7.93. The summed E-state index contributed by atoms with van der Waals surface area (Å²) in [5.74, 6) is -0.956. The van der Waals surface area contributed by atoms with Crippen LogP contribution in [0.25, 0.3) is 12.2 Å². The van der Waals surface area contributed by atoms with Crippen molar-refractivity contribution in [3.05, 3.63) is 75.7 Å². The van der Waals surface area contributed by atoms with Gasteiger partial charge in [0.2, 0.25) is 5.88 Å². The molecule has 9 nitrogen and oxygen atoms in total. The van der Waals surface area contributed by atoms with Crippen LogP contribution in [0.5, 0.6) is 11.6 Å². The summed E-state index contributed by atoms with van der Waals surface area (Å²) in [6.45, 7) is -0.696. The number of sulfonamides is 1. The average Bonchev–Trinajstić information content (AvgIpc) is 2.94. The number of benzene rings is 2. The number of pyridine rings is 1. The molecule has 212 valence electrons. The lowest BCUT2D eigenvalue weighted by atomic mass is 10.1. The van der Waals surface area contributed by atoms with E-state index < -0.39 is 27.9 Å². The molecule has 0 bridgehead atoms. The van der Waals surface area contributed by atoms with Gasteiger partial charge in [-0.1, -0.05) is 41.4 Å². The lowest BCUT2D eigenvalue weighted by Gasteiger charge is -2.35. The number of hydrogen-bond donors (Lipinski definition) is 1. The van der Waals surface area contributed by atoms with Crippen molar-refractivity contribution in [2.75, 3.05) is 31.2 Å². The van der Waals surface area contributed by atoms with E-state index in [1.54, 1.807) is 30.3 Å². The molecule has 0 aliphatic carbocycles. The zero-order valence-corrected chi connectivity index (χ0v) is 23.5. The number of methoxy groups -OCH3 is 1. The van der Waals surface area contributed by atoms with Gasteiger partial charge in [-0.3, -0.25) is 9.10 Å². The Bertz CT molecular complexity index is 1520. The van der Waals surface area contributed by atoms with E-state index >= 15 is 0 Å². The highest BCUT2D eigenvalue weighted by atomic mass is 35.5. The van der Waals surface area contributed by atoms with Crippen LogP contribution < -0.4 is 13.8 Å². The largest absolute Gasteiger partial charge is 0.486 e. The maximum atomic E-state index is 14.3. The first-order chi connectivity index (χ1) is 19.1. The highest BCUT2D eigenvalue weighted by Gasteiger charge is 2.37. The molecule has 0 fully saturated rings. The summed E-state index contributed by atoms with van der Waals surface area (Å²) in [6, 6.07) is 10.4. The predicted molar refractivity (Wildman–Crippen MR) is 149 cm³/mol. The average molecular weight is 611 g/mol. The van der Waals surface area contributed by atoms with Crippen molar-refractivity contribution < 1.29 is 36.9 Å². The Kier molecular flexibility index (Phi) is 9.52. The standard InChI is InChI=1S/C27H25Cl2FN2O7S/c1-37-26(34)10-7-19-16-32(40(35,36)25-14-18(28)15-31-27(25)38-12-11-33)23-13-17(6-9-24(23)39-19)5-8-20-21(29)3-2-4-22(20)30/h2-6,8-9,13-15,19,33H,7,10-12,16H2,1H3/b8-5+/t19-/m0/s1. The number of hydrogen-bond acceptors (Lipinski definition) is 8. The van der Waals surface area contributed by atoms with Crippen LogP contribution in [0.1, 0.15) is 24.0 Å². The van der Waals surface area contributed by atoms with E-state index in [2.05, 4.69) is 4.98 Å². The number of aromatic nitrogens is 1. The van der Waals surface area contributed by atoms with Crippen LogP contribution in [0.2, 0.25) is 10.0 Å². The Morgan fingerprint density at radius 3 is 2.77 bits per heavy atom. The molecule has 0 saturated heterocycles. The molecule has 0 spiro atoms. The Morgan fingerprint density at radius 2 is 2.05 bits per heavy atom. The van der Waals surface area contributed by atoms with E-state index in [4.69, 9.17) is 37.4 Å². The van der Waals surface area contributed by atoms with E-state index in [0.717, 1.165) is 4.31 Å². The molecular formula is C27H25Cl2FN2O7S. The zero-order valence-electron chi connectivity index (χ0n) is 21.2. The molecule has 1 atom stereocenters. The molecular weight excluding hydrogens is 586 g/mol. The topological polar surface area (TPSA) is 115 Å². The number of carbonyl (C=O) groups is 1. The molecule has 1 aliphatic heterocycles. The third-order valence-corrected chi connectivity index (χ3v) is 8.25. The molecule has 1 N–H and O–H groups in total. The van der Waals surface area contributed by atoms with Crippen molar-refractivity contribution in [2.45, 2.75) is 23.8 Å². The van der Waals surface area contributed by atoms with Gasteiger partial charge in [-0.05, 0) is 48.4 Å². The number of esters is 1. The first-order valence-corrected chi connectivity index (χ1v) is 14.2. The minimum Gasteiger partial charge on any atom is -0.486 e. The van der Waals surface area contributed by atoms with E-state index in [9.17, 15) is 22.7 Å². The first kappa shape index (κ1) is 29.6. The van der Waals surface area contributed by atoms with Crippen LogP contribution in [0, 0.1) is 5.82 Å². The molecule has 3 aromatic rings. The first-order valence-electron chi connectivity index (χ1n) is 12.1. The maximum Gasteiger partial charge on any atom is 0.305 e. The normalized spacial score (nSPS) is 15.0. The fraction of sp³-hybridized carbons (Fsp3) is 0.259. The number of fused-ring (bicyclic) bond motifs is 1. The van der Waals surface area contributed by atoms with Gasteiger partial charge < -0.3 is 19.3 Å². The second-order valence-corrected chi connectivity index (χ2v) is 11.3. The summed E-state index contributed by atoms with van der Waals surface area (Å²) < 4.78 is 59.6. The Balaban J connectivity index is 1.77. The Morgan fingerprint density at radius 1 is 1.25 bits per heavy atom. The molecule has 1 aliphatic rings. The maximum absolute atomic E-state index is 14.3. The van der Waals surface area contributed by atoms with Crippen molar-refractivity contribution in [3.8, 4) is 11.6 Å². The Labute approximate surface area is 240 Å². The smallest absolute Gasteiger partial charge is 0.305 e. The van der Waals surface area contributed by atoms with E-state index in [-0.39, 0.29) is 70.4 Å². The van der Waals surface area contributed by atoms with Crippen LogP contribution in [-0.2, 0) is 19.6 Å². The number of aliphatic hydroxyl groups is 1. The number of nitrogens with zero attached hydrogens (tertiary/aromatic N) is 2. The van der Waals surface area contributed by atoms with E-state index in [0.29, 0.717) is 5.56 Å². The molecule has 13 heteroatoms. The number of rotatable bonds is 10. The van der Waals surface area contributed by atoms with E-state index in [1.165, 1.54) is 37.6 Å². The van der Waals surface area contributed by atoms with Gasteiger partial charge in [0.25, 0.3) is 10.0 Å². The highest BCUT2D eigenvalue weighted by Crippen LogP contribution is 2.40. The second-order valence-electron chi connectivity index (χ2n) is 8.62. The zero-order chi connectivity index (χ0) is 28.9. The molecule has 0 saturated carbocycles. The minimum absolute atomic E-state index is 0.0121. The molecule has 4 rings (SSSR count).